The van der Waals surface area contributed by atoms with Crippen molar-refractivity contribution in [3.63, 3.8) is 0 Å². The molecule has 0 radical (unpaired) electrons. The smallest absolute Gasteiger partial charge is 0.253 e. The first-order valence-corrected chi connectivity index (χ1v) is 9.14. The molecule has 3 rings (SSSR count). The van der Waals surface area contributed by atoms with Crippen LogP contribution in [0.4, 0.5) is 4.39 Å². The first-order chi connectivity index (χ1) is 13.1. The van der Waals surface area contributed by atoms with Gasteiger partial charge in [0.05, 0.1) is 12.5 Å². The fraction of sp³-hybridized carbons (Fsp3) is 0.333. The minimum absolute atomic E-state index is 0.0664. The molecule has 1 atom stereocenters. The Bertz CT molecular complexity index is 765. The number of nitrogens with one attached hydrogen (secondary N) is 1. The third-order valence-corrected chi connectivity index (χ3v) is 4.58. The summed E-state index contributed by atoms with van der Waals surface area (Å²) in [7, 11) is 0. The van der Waals surface area contributed by atoms with E-state index in [0.717, 1.165) is 18.6 Å². The molecule has 0 spiro atoms. The van der Waals surface area contributed by atoms with Crippen molar-refractivity contribution in [2.24, 2.45) is 5.92 Å². The van der Waals surface area contributed by atoms with Crippen LogP contribution in [0.3, 0.4) is 0 Å². The predicted octanol–water partition coefficient (Wildman–Crippen LogP) is 2.87. The average Bonchev–Trinajstić information content (AvgIpc) is 2.72. The number of rotatable bonds is 6. The molecule has 1 saturated heterocycles. The number of nitrogens with zero attached hydrogens (tertiary/aromatic N) is 1. The van der Waals surface area contributed by atoms with Crippen molar-refractivity contribution in [2.45, 2.75) is 12.8 Å². The number of carbonyl (C=O) groups is 2. The van der Waals surface area contributed by atoms with E-state index in [9.17, 15) is 14.0 Å². The lowest BCUT2D eigenvalue weighted by molar-refractivity contribution is -0.126. The van der Waals surface area contributed by atoms with Gasteiger partial charge in [0.2, 0.25) is 5.91 Å². The molecule has 2 aromatic rings. The molecule has 6 heteroatoms. The molecule has 2 amide bonds. The minimum atomic E-state index is -0.375. The van der Waals surface area contributed by atoms with Crippen molar-refractivity contribution in [2.75, 3.05) is 26.2 Å². The third kappa shape index (κ3) is 5.29. The maximum absolute atomic E-state index is 13.0. The van der Waals surface area contributed by atoms with Crippen LogP contribution in [-0.2, 0) is 4.79 Å². The van der Waals surface area contributed by atoms with Gasteiger partial charge in [-0.15, -0.1) is 0 Å². The number of para-hydroxylation sites is 1. The molecular formula is C21H23FN2O3. The van der Waals surface area contributed by atoms with Crippen LogP contribution in [0.5, 0.6) is 5.75 Å². The van der Waals surface area contributed by atoms with Gasteiger partial charge in [0.1, 0.15) is 18.2 Å². The summed E-state index contributed by atoms with van der Waals surface area (Å²) in [5.41, 5.74) is 0.439. The molecule has 1 aliphatic heterocycles. The second kappa shape index (κ2) is 9.16. The van der Waals surface area contributed by atoms with Crippen molar-refractivity contribution in [3.05, 3.63) is 66.0 Å². The summed E-state index contributed by atoms with van der Waals surface area (Å²) in [4.78, 5) is 26.6. The Morgan fingerprint density at radius 3 is 2.59 bits per heavy atom. The highest BCUT2D eigenvalue weighted by molar-refractivity contribution is 5.94. The van der Waals surface area contributed by atoms with Crippen LogP contribution in [-0.4, -0.2) is 43.0 Å². The summed E-state index contributed by atoms with van der Waals surface area (Å²) < 4.78 is 18.6. The molecule has 142 valence electrons. The minimum Gasteiger partial charge on any atom is -0.492 e. The highest BCUT2D eigenvalue weighted by Crippen LogP contribution is 2.19. The van der Waals surface area contributed by atoms with E-state index in [1.807, 2.05) is 30.3 Å². The van der Waals surface area contributed by atoms with Crippen molar-refractivity contribution in [1.82, 2.24) is 10.2 Å². The van der Waals surface area contributed by atoms with Gasteiger partial charge in [-0.2, -0.15) is 0 Å². The summed E-state index contributed by atoms with van der Waals surface area (Å²) in [5.74, 6) is -0.0799. The van der Waals surface area contributed by atoms with E-state index >= 15 is 0 Å². The van der Waals surface area contributed by atoms with Crippen LogP contribution >= 0.6 is 0 Å². The monoisotopic (exact) mass is 370 g/mol. The Morgan fingerprint density at radius 2 is 1.85 bits per heavy atom. The second-order valence-electron chi connectivity index (χ2n) is 6.55. The van der Waals surface area contributed by atoms with Gasteiger partial charge in [-0.05, 0) is 49.2 Å². The van der Waals surface area contributed by atoms with Gasteiger partial charge in [-0.1, -0.05) is 18.2 Å². The highest BCUT2D eigenvalue weighted by atomic mass is 19.1. The van der Waals surface area contributed by atoms with E-state index in [0.29, 0.717) is 31.8 Å². The molecule has 27 heavy (non-hydrogen) atoms. The number of piperidine rings is 1. The molecular weight excluding hydrogens is 347 g/mol. The third-order valence-electron chi connectivity index (χ3n) is 4.58. The fourth-order valence-electron chi connectivity index (χ4n) is 3.15. The summed E-state index contributed by atoms with van der Waals surface area (Å²) in [6.45, 7) is 1.79. The number of hydrogen-bond acceptors (Lipinski definition) is 3. The molecule has 1 fully saturated rings. The fourth-order valence-corrected chi connectivity index (χ4v) is 3.15. The lowest BCUT2D eigenvalue weighted by Crippen LogP contribution is -2.46. The Morgan fingerprint density at radius 1 is 1.11 bits per heavy atom. The average molecular weight is 370 g/mol. The Kier molecular flexibility index (Phi) is 6.41. The molecule has 5 nitrogen and oxygen atoms in total. The molecule has 0 aliphatic carbocycles. The number of amides is 2. The van der Waals surface area contributed by atoms with E-state index in [1.54, 1.807) is 4.90 Å². The molecule has 1 N–H and O–H groups in total. The normalized spacial score (nSPS) is 16.6. The second-order valence-corrected chi connectivity index (χ2v) is 6.55. The molecule has 0 saturated carbocycles. The van der Waals surface area contributed by atoms with E-state index in [2.05, 4.69) is 5.32 Å². The number of ether oxygens (including phenoxy) is 1. The van der Waals surface area contributed by atoms with Crippen molar-refractivity contribution in [1.29, 1.82) is 0 Å². The molecule has 1 aliphatic rings. The maximum atomic E-state index is 13.0. The number of likely N-dealkylation sites (tertiary alicyclic amines) is 1. The Balaban J connectivity index is 1.46. The van der Waals surface area contributed by atoms with Gasteiger partial charge in [-0.3, -0.25) is 9.59 Å². The van der Waals surface area contributed by atoms with Gasteiger partial charge < -0.3 is 15.0 Å². The van der Waals surface area contributed by atoms with Crippen LogP contribution in [0.1, 0.15) is 23.2 Å². The van der Waals surface area contributed by atoms with Crippen LogP contribution in [0.15, 0.2) is 54.6 Å². The van der Waals surface area contributed by atoms with Crippen LogP contribution in [0, 0.1) is 11.7 Å². The van der Waals surface area contributed by atoms with Crippen LogP contribution in [0.25, 0.3) is 0 Å². The Hall–Kier alpha value is -2.89. The topological polar surface area (TPSA) is 58.6 Å². The van der Waals surface area contributed by atoms with Crippen molar-refractivity contribution < 1.29 is 18.7 Å². The highest BCUT2D eigenvalue weighted by Gasteiger charge is 2.28. The van der Waals surface area contributed by atoms with E-state index < -0.39 is 0 Å². The Labute approximate surface area is 158 Å². The standard InChI is InChI=1S/C21H23FN2O3/c22-18-10-8-16(9-11-18)21(26)24-13-4-5-17(15-24)20(25)23-12-14-27-19-6-2-1-3-7-19/h1-3,6-11,17H,4-5,12-15H2,(H,23,25)/t17-/m1/s1. The SMILES string of the molecule is O=C(NCCOc1ccccc1)[C@@H]1CCCN(C(=O)c2ccc(F)cc2)C1. The van der Waals surface area contributed by atoms with E-state index in [-0.39, 0.29) is 23.5 Å². The zero-order valence-electron chi connectivity index (χ0n) is 15.1. The van der Waals surface area contributed by atoms with Gasteiger partial charge in [0.25, 0.3) is 5.91 Å². The summed E-state index contributed by atoms with van der Waals surface area (Å²) >= 11 is 0. The molecule has 0 bridgehead atoms. The summed E-state index contributed by atoms with van der Waals surface area (Å²) in [5, 5.41) is 2.88. The lowest BCUT2D eigenvalue weighted by Gasteiger charge is -2.32. The molecule has 0 aromatic heterocycles. The number of hydrogen-bond donors (Lipinski definition) is 1. The van der Waals surface area contributed by atoms with E-state index in [4.69, 9.17) is 4.74 Å². The van der Waals surface area contributed by atoms with Crippen molar-refractivity contribution in [3.8, 4) is 5.75 Å². The van der Waals surface area contributed by atoms with Gasteiger partial charge >= 0.3 is 0 Å². The van der Waals surface area contributed by atoms with Gasteiger partial charge in [-0.25, -0.2) is 4.39 Å². The molecule has 1 heterocycles. The van der Waals surface area contributed by atoms with Crippen molar-refractivity contribution >= 4 is 11.8 Å². The summed E-state index contributed by atoms with van der Waals surface area (Å²) in [6.07, 6.45) is 1.52. The quantitative estimate of drug-likeness (QED) is 0.796. The van der Waals surface area contributed by atoms with Crippen LogP contribution in [0.2, 0.25) is 0 Å². The van der Waals surface area contributed by atoms with Crippen LogP contribution < -0.4 is 10.1 Å². The molecule has 0 unspecified atom stereocenters. The summed E-state index contributed by atoms with van der Waals surface area (Å²) in [6, 6.07) is 14.9. The number of halogens is 1. The zero-order valence-corrected chi connectivity index (χ0v) is 15.1. The van der Waals surface area contributed by atoms with Gasteiger partial charge in [0.15, 0.2) is 0 Å². The number of carbonyl (C=O) groups excluding carboxylic acids is 2. The number of benzene rings is 2. The van der Waals surface area contributed by atoms with E-state index in [1.165, 1.54) is 24.3 Å². The largest absolute Gasteiger partial charge is 0.492 e. The lowest BCUT2D eigenvalue weighted by atomic mass is 9.96. The maximum Gasteiger partial charge on any atom is 0.253 e. The predicted molar refractivity (Wildman–Crippen MR) is 100.0 cm³/mol. The zero-order chi connectivity index (χ0) is 19.1. The first kappa shape index (κ1) is 18.9. The first-order valence-electron chi connectivity index (χ1n) is 9.14. The molecule has 2 aromatic carbocycles. The van der Waals surface area contributed by atoms with Gasteiger partial charge in [0, 0.05) is 18.7 Å².